The fourth-order valence-corrected chi connectivity index (χ4v) is 3.28. The molecule has 2 aromatic carbocycles. The van der Waals surface area contributed by atoms with Gasteiger partial charge in [-0.15, -0.1) is 0 Å². The number of imidazole rings is 1. The number of ketones is 1. The number of hydrogen-bond donors (Lipinski definition) is 2. The lowest BCUT2D eigenvalue weighted by Crippen LogP contribution is -2.44. The number of nitrogens with two attached hydrogens (primary N) is 1. The number of fused-ring (bicyclic) bond motifs is 1. The Morgan fingerprint density at radius 2 is 2.00 bits per heavy atom. The molecular weight excluding hydrogens is 383 g/mol. The molecule has 1 aromatic heterocycles. The van der Waals surface area contributed by atoms with Crippen LogP contribution in [0.3, 0.4) is 0 Å². The van der Waals surface area contributed by atoms with Crippen molar-refractivity contribution < 1.29 is 9.18 Å². The number of aromatic amines is 1. The zero-order valence-corrected chi connectivity index (χ0v) is 17.2. The van der Waals surface area contributed by atoms with Crippen molar-refractivity contribution in [3.8, 4) is 0 Å². The van der Waals surface area contributed by atoms with Gasteiger partial charge < -0.3 is 20.5 Å². The van der Waals surface area contributed by atoms with Gasteiger partial charge in [-0.05, 0) is 38.2 Å². The third-order valence-corrected chi connectivity index (χ3v) is 4.93. The predicted octanol–water partition coefficient (Wildman–Crippen LogP) is 3.40. The molecular formula is C22H25FN6O. The lowest BCUT2D eigenvalue weighted by molar-refractivity contribution is -0.116. The molecule has 1 fully saturated rings. The molecule has 7 nitrogen and oxygen atoms in total. The summed E-state index contributed by atoms with van der Waals surface area (Å²) in [6, 6.07) is 10.5. The molecule has 0 bridgehead atoms. The molecule has 0 atom stereocenters. The average Bonchev–Trinajstić information content (AvgIpc) is 3.10. The number of likely N-dealkylation sites (N-methyl/N-ethyl adjacent to an activating group) is 1. The third-order valence-electron chi connectivity index (χ3n) is 4.93. The summed E-state index contributed by atoms with van der Waals surface area (Å²) in [6.45, 7) is 12.4. The van der Waals surface area contributed by atoms with Gasteiger partial charge in [-0.1, -0.05) is 12.1 Å². The van der Waals surface area contributed by atoms with Gasteiger partial charge in [0.05, 0.1) is 24.0 Å². The Hall–Kier alpha value is -3.44. The highest BCUT2D eigenvalue weighted by atomic mass is 19.1. The van der Waals surface area contributed by atoms with Gasteiger partial charge in [-0.25, -0.2) is 14.2 Å². The van der Waals surface area contributed by atoms with E-state index in [4.69, 9.17) is 12.3 Å². The highest BCUT2D eigenvalue weighted by Gasteiger charge is 2.15. The molecule has 0 radical (unpaired) electrons. The second-order valence-corrected chi connectivity index (χ2v) is 7.34. The van der Waals surface area contributed by atoms with Crippen LogP contribution in [0.1, 0.15) is 12.7 Å². The SMILES string of the molecule is CC(=O)Cc1nc2ccc(N3CCN(C)CC3)cc2[nH]1.[C-]#[N+]c1c(N)cccc1F. The molecule has 0 saturated carbocycles. The minimum Gasteiger partial charge on any atom is -0.407 e. The highest BCUT2D eigenvalue weighted by molar-refractivity contribution is 5.82. The van der Waals surface area contributed by atoms with Crippen LogP contribution in [0.4, 0.5) is 21.5 Å². The number of halogens is 1. The Morgan fingerprint density at radius 3 is 2.60 bits per heavy atom. The standard InChI is InChI=1S/C15H20N4O.C7H5FN2/c1-11(20)9-15-16-13-4-3-12(10-14(13)17-15)19-7-5-18(2)6-8-19;1-10-7-5(8)3-2-4-6(7)9/h3-4,10H,5-9H2,1-2H3,(H,16,17);2-4H,9H2. The lowest BCUT2D eigenvalue weighted by atomic mass is 10.2. The van der Waals surface area contributed by atoms with Crippen molar-refractivity contribution in [3.05, 3.63) is 59.5 Å². The van der Waals surface area contributed by atoms with Gasteiger partial charge in [-0.2, -0.15) is 0 Å². The molecule has 0 aliphatic carbocycles. The maximum absolute atomic E-state index is 12.6. The largest absolute Gasteiger partial charge is 0.407 e. The van der Waals surface area contributed by atoms with Crippen LogP contribution in [-0.4, -0.2) is 53.9 Å². The first kappa shape index (κ1) is 21.3. The number of hydrogen-bond acceptors (Lipinski definition) is 5. The summed E-state index contributed by atoms with van der Waals surface area (Å²) in [5.74, 6) is 0.321. The Morgan fingerprint density at radius 1 is 1.27 bits per heavy atom. The number of rotatable bonds is 3. The monoisotopic (exact) mass is 408 g/mol. The molecule has 156 valence electrons. The third kappa shape index (κ3) is 5.13. The predicted molar refractivity (Wildman–Crippen MR) is 117 cm³/mol. The van der Waals surface area contributed by atoms with Crippen molar-refractivity contribution >= 4 is 33.9 Å². The van der Waals surface area contributed by atoms with Crippen LogP contribution in [0.5, 0.6) is 0 Å². The molecule has 30 heavy (non-hydrogen) atoms. The maximum Gasteiger partial charge on any atom is 0.244 e. The number of nitrogen functional groups attached to an aromatic ring is 1. The molecule has 1 aliphatic heterocycles. The number of H-pyrrole nitrogens is 1. The Balaban J connectivity index is 0.000000216. The number of Topliss-reactive ketones (excluding diaryl/α,β-unsaturated/α-hetero) is 1. The summed E-state index contributed by atoms with van der Waals surface area (Å²) in [4.78, 5) is 26.5. The smallest absolute Gasteiger partial charge is 0.244 e. The van der Waals surface area contributed by atoms with E-state index in [1.807, 2.05) is 6.07 Å². The fourth-order valence-electron chi connectivity index (χ4n) is 3.28. The molecule has 0 amide bonds. The fraction of sp³-hybridized carbons (Fsp3) is 0.318. The summed E-state index contributed by atoms with van der Waals surface area (Å²) < 4.78 is 12.6. The summed E-state index contributed by atoms with van der Waals surface area (Å²) in [5.41, 5.74) is 8.54. The summed E-state index contributed by atoms with van der Waals surface area (Å²) in [6.07, 6.45) is 0.374. The van der Waals surface area contributed by atoms with Crippen molar-refractivity contribution in [1.82, 2.24) is 14.9 Å². The topological polar surface area (TPSA) is 82.6 Å². The van der Waals surface area contributed by atoms with Gasteiger partial charge in [-0.3, -0.25) is 4.79 Å². The van der Waals surface area contributed by atoms with E-state index in [9.17, 15) is 9.18 Å². The van der Waals surface area contributed by atoms with E-state index in [0.29, 0.717) is 6.42 Å². The molecule has 0 spiro atoms. The van der Waals surface area contributed by atoms with Crippen molar-refractivity contribution in [2.75, 3.05) is 43.9 Å². The number of anilines is 2. The Bertz CT molecular complexity index is 1060. The highest BCUT2D eigenvalue weighted by Crippen LogP contribution is 2.24. The van der Waals surface area contributed by atoms with Crippen LogP contribution in [0.2, 0.25) is 0 Å². The zero-order valence-electron chi connectivity index (χ0n) is 17.2. The normalized spacial score (nSPS) is 14.1. The van der Waals surface area contributed by atoms with Crippen LogP contribution in [-0.2, 0) is 11.2 Å². The summed E-state index contributed by atoms with van der Waals surface area (Å²) in [5, 5.41) is 0. The zero-order chi connectivity index (χ0) is 21.7. The number of piperazine rings is 1. The van der Waals surface area contributed by atoms with E-state index in [-0.39, 0.29) is 17.2 Å². The molecule has 0 unspecified atom stereocenters. The minimum atomic E-state index is -0.560. The van der Waals surface area contributed by atoms with E-state index in [0.717, 1.165) is 43.0 Å². The van der Waals surface area contributed by atoms with E-state index >= 15 is 0 Å². The van der Waals surface area contributed by atoms with Crippen molar-refractivity contribution in [2.45, 2.75) is 13.3 Å². The van der Waals surface area contributed by atoms with Crippen LogP contribution in [0, 0.1) is 12.4 Å². The molecule has 8 heteroatoms. The van der Waals surface area contributed by atoms with Crippen molar-refractivity contribution in [3.63, 3.8) is 0 Å². The molecule has 1 aliphatic rings. The van der Waals surface area contributed by atoms with E-state index in [1.54, 1.807) is 6.92 Å². The van der Waals surface area contributed by atoms with Gasteiger partial charge in [0.25, 0.3) is 0 Å². The van der Waals surface area contributed by atoms with E-state index in [2.05, 4.69) is 43.8 Å². The van der Waals surface area contributed by atoms with Gasteiger partial charge in [0.1, 0.15) is 17.4 Å². The van der Waals surface area contributed by atoms with Crippen LogP contribution >= 0.6 is 0 Å². The number of carbonyl (C=O) groups excluding carboxylic acids is 1. The van der Waals surface area contributed by atoms with Crippen molar-refractivity contribution in [1.29, 1.82) is 0 Å². The molecule has 3 N–H and O–H groups in total. The number of para-hydroxylation sites is 1. The first-order chi connectivity index (χ1) is 14.4. The van der Waals surface area contributed by atoms with E-state index in [1.165, 1.54) is 23.9 Å². The van der Waals surface area contributed by atoms with Gasteiger partial charge in [0, 0.05) is 37.6 Å². The first-order valence-electron chi connectivity index (χ1n) is 9.70. The van der Waals surface area contributed by atoms with Gasteiger partial charge in [0.2, 0.25) is 5.69 Å². The van der Waals surface area contributed by atoms with E-state index < -0.39 is 5.82 Å². The maximum atomic E-state index is 12.6. The van der Waals surface area contributed by atoms with Gasteiger partial charge >= 0.3 is 0 Å². The van der Waals surface area contributed by atoms with Crippen LogP contribution in [0.25, 0.3) is 15.9 Å². The average molecular weight is 408 g/mol. The van der Waals surface area contributed by atoms with Crippen LogP contribution in [0.15, 0.2) is 36.4 Å². The first-order valence-corrected chi connectivity index (χ1v) is 9.70. The van der Waals surface area contributed by atoms with Crippen molar-refractivity contribution in [2.24, 2.45) is 0 Å². The number of carbonyl (C=O) groups is 1. The second-order valence-electron chi connectivity index (χ2n) is 7.34. The quantitative estimate of drug-likeness (QED) is 0.513. The van der Waals surface area contributed by atoms with Gasteiger partial charge in [0.15, 0.2) is 0 Å². The Labute approximate surface area is 175 Å². The number of nitrogens with one attached hydrogen (secondary N) is 1. The molecule has 3 aromatic rings. The second kappa shape index (κ2) is 9.37. The number of nitrogens with zero attached hydrogens (tertiary/aromatic N) is 4. The minimum absolute atomic E-state index is 0.0949. The molecule has 1 saturated heterocycles. The Kier molecular flexibility index (Phi) is 6.65. The summed E-state index contributed by atoms with van der Waals surface area (Å²) in [7, 11) is 2.16. The molecule has 2 heterocycles. The molecule has 4 rings (SSSR count). The summed E-state index contributed by atoms with van der Waals surface area (Å²) >= 11 is 0. The lowest BCUT2D eigenvalue weighted by Gasteiger charge is -2.34. The number of benzene rings is 2. The number of aromatic nitrogens is 2. The van der Waals surface area contributed by atoms with Crippen LogP contribution < -0.4 is 10.6 Å².